The molecule has 0 aromatic carbocycles. The Morgan fingerprint density at radius 1 is 1.52 bits per heavy atom. The fourth-order valence-corrected chi connectivity index (χ4v) is 2.09. The summed E-state index contributed by atoms with van der Waals surface area (Å²) >= 11 is 6.06. The molecule has 8 heteroatoms. The number of pyridine rings is 1. The highest BCUT2D eigenvalue weighted by atomic mass is 35.5. The maximum atomic E-state index is 12.1. The molecule has 1 aromatic heterocycles. The van der Waals surface area contributed by atoms with Crippen LogP contribution in [0.25, 0.3) is 0 Å². The van der Waals surface area contributed by atoms with Crippen LogP contribution in [0.1, 0.15) is 29.6 Å². The van der Waals surface area contributed by atoms with Crippen molar-refractivity contribution in [2.45, 2.75) is 25.3 Å². The smallest absolute Gasteiger partial charge is 0.326 e. The second-order valence-electron chi connectivity index (χ2n) is 5.41. The van der Waals surface area contributed by atoms with Gasteiger partial charge in [0.2, 0.25) is 5.88 Å². The van der Waals surface area contributed by atoms with Crippen LogP contribution in [0.2, 0.25) is 5.02 Å². The van der Waals surface area contributed by atoms with Crippen molar-refractivity contribution in [3.05, 3.63) is 22.8 Å². The van der Waals surface area contributed by atoms with Crippen molar-refractivity contribution < 1.29 is 24.2 Å². The Hall–Kier alpha value is -1.86. The third kappa shape index (κ3) is 5.37. The molecule has 1 saturated carbocycles. The van der Waals surface area contributed by atoms with E-state index in [0.29, 0.717) is 12.5 Å². The minimum absolute atomic E-state index is 0.168. The van der Waals surface area contributed by atoms with Gasteiger partial charge in [-0.1, -0.05) is 11.6 Å². The number of amides is 1. The molecule has 1 aromatic rings. The van der Waals surface area contributed by atoms with E-state index in [0.717, 1.165) is 12.8 Å². The third-order valence-corrected chi connectivity index (χ3v) is 3.71. The summed E-state index contributed by atoms with van der Waals surface area (Å²) in [6.45, 7) is 0.792. The zero-order valence-corrected chi connectivity index (χ0v) is 13.5. The van der Waals surface area contributed by atoms with Gasteiger partial charge in [-0.15, -0.1) is 0 Å². The Morgan fingerprint density at radius 3 is 2.83 bits per heavy atom. The molecule has 1 unspecified atom stereocenters. The van der Waals surface area contributed by atoms with Crippen LogP contribution in [0.15, 0.2) is 12.3 Å². The van der Waals surface area contributed by atoms with Crippen LogP contribution in [0.5, 0.6) is 5.88 Å². The van der Waals surface area contributed by atoms with Gasteiger partial charge in [-0.3, -0.25) is 4.79 Å². The zero-order chi connectivity index (χ0) is 16.8. The number of hydrogen-bond donors (Lipinski definition) is 2. The number of carbonyl (C=O) groups is 2. The van der Waals surface area contributed by atoms with Crippen molar-refractivity contribution in [2.75, 3.05) is 20.3 Å². The summed E-state index contributed by atoms with van der Waals surface area (Å²) in [5.74, 6) is -0.840. The fourth-order valence-electron chi connectivity index (χ4n) is 1.87. The zero-order valence-electron chi connectivity index (χ0n) is 12.8. The van der Waals surface area contributed by atoms with Crippen LogP contribution >= 0.6 is 11.6 Å². The number of carboxylic acid groups (broad SMARTS) is 1. The van der Waals surface area contributed by atoms with Gasteiger partial charge in [-0.25, -0.2) is 9.78 Å². The maximum Gasteiger partial charge on any atom is 0.326 e. The van der Waals surface area contributed by atoms with Gasteiger partial charge in [0.05, 0.1) is 12.2 Å². The molecule has 1 aliphatic rings. The molecule has 1 amide bonds. The maximum absolute atomic E-state index is 12.1. The lowest BCUT2D eigenvalue weighted by Crippen LogP contribution is -2.41. The van der Waals surface area contributed by atoms with Gasteiger partial charge in [0.15, 0.2) is 0 Å². The van der Waals surface area contributed by atoms with E-state index in [-0.39, 0.29) is 29.5 Å². The molecular weight excluding hydrogens is 324 g/mol. The lowest BCUT2D eigenvalue weighted by atomic mass is 10.2. The minimum Gasteiger partial charge on any atom is -0.480 e. The van der Waals surface area contributed by atoms with Gasteiger partial charge in [0, 0.05) is 26.3 Å². The molecule has 1 fully saturated rings. The first-order valence-electron chi connectivity index (χ1n) is 7.32. The molecule has 0 saturated heterocycles. The van der Waals surface area contributed by atoms with Gasteiger partial charge >= 0.3 is 5.97 Å². The molecule has 23 heavy (non-hydrogen) atoms. The average molecular weight is 343 g/mol. The Bertz CT molecular complexity index is 577. The van der Waals surface area contributed by atoms with Crippen molar-refractivity contribution in [3.63, 3.8) is 0 Å². The molecule has 1 aliphatic carbocycles. The van der Waals surface area contributed by atoms with Crippen molar-refractivity contribution in [3.8, 4) is 5.88 Å². The number of methoxy groups -OCH3 is 1. The van der Waals surface area contributed by atoms with Gasteiger partial charge in [0.1, 0.15) is 11.1 Å². The topological polar surface area (TPSA) is 97.8 Å². The van der Waals surface area contributed by atoms with E-state index < -0.39 is 17.9 Å². The van der Waals surface area contributed by atoms with E-state index in [2.05, 4.69) is 10.3 Å². The van der Waals surface area contributed by atoms with Crippen molar-refractivity contribution in [2.24, 2.45) is 5.92 Å². The molecule has 0 spiro atoms. The summed E-state index contributed by atoms with van der Waals surface area (Å²) < 4.78 is 10.3. The van der Waals surface area contributed by atoms with E-state index in [1.807, 2.05) is 0 Å². The number of rotatable bonds is 9. The summed E-state index contributed by atoms with van der Waals surface area (Å²) in [6.07, 6.45) is 3.78. The first kappa shape index (κ1) is 17.5. The Morgan fingerprint density at radius 2 is 2.26 bits per heavy atom. The van der Waals surface area contributed by atoms with Crippen molar-refractivity contribution in [1.82, 2.24) is 10.3 Å². The molecule has 126 valence electrons. The number of carboxylic acids is 1. The van der Waals surface area contributed by atoms with E-state index in [1.54, 1.807) is 0 Å². The fraction of sp³-hybridized carbons (Fsp3) is 0.533. The van der Waals surface area contributed by atoms with E-state index in [1.165, 1.54) is 19.4 Å². The second-order valence-corrected chi connectivity index (χ2v) is 5.82. The van der Waals surface area contributed by atoms with Crippen LogP contribution < -0.4 is 10.1 Å². The van der Waals surface area contributed by atoms with Gasteiger partial charge in [0.25, 0.3) is 5.91 Å². The molecular formula is C15H19ClN2O5. The SMILES string of the molecule is COCCC(NC(=O)c1cnc(OCC2CC2)c(Cl)c1)C(=O)O. The number of halogens is 1. The average Bonchev–Trinajstić information content (AvgIpc) is 3.33. The third-order valence-electron chi connectivity index (χ3n) is 3.44. The number of hydrogen-bond acceptors (Lipinski definition) is 5. The first-order chi connectivity index (χ1) is 11.0. The van der Waals surface area contributed by atoms with Crippen LogP contribution in [-0.4, -0.2) is 48.3 Å². The van der Waals surface area contributed by atoms with E-state index in [9.17, 15) is 9.59 Å². The highest BCUT2D eigenvalue weighted by Crippen LogP contribution is 2.31. The Labute approximate surface area is 138 Å². The monoisotopic (exact) mass is 342 g/mol. The number of nitrogens with zero attached hydrogens (tertiary/aromatic N) is 1. The minimum atomic E-state index is -1.13. The van der Waals surface area contributed by atoms with Gasteiger partial charge in [-0.05, 0) is 24.8 Å². The van der Waals surface area contributed by atoms with Crippen LogP contribution in [0, 0.1) is 5.92 Å². The Balaban J connectivity index is 1.97. The standard InChI is InChI=1S/C15H19ClN2O5/c1-22-5-4-12(15(20)21)18-13(19)10-6-11(16)14(17-7-10)23-8-9-2-3-9/h6-7,9,12H,2-5,8H2,1H3,(H,18,19)(H,20,21). The number of aromatic nitrogens is 1. The van der Waals surface area contributed by atoms with Gasteiger partial charge < -0.3 is 19.9 Å². The summed E-state index contributed by atoms with van der Waals surface area (Å²) in [5.41, 5.74) is 0.178. The largest absolute Gasteiger partial charge is 0.480 e. The van der Waals surface area contributed by atoms with Crippen molar-refractivity contribution in [1.29, 1.82) is 0 Å². The van der Waals surface area contributed by atoms with E-state index >= 15 is 0 Å². The summed E-state index contributed by atoms with van der Waals surface area (Å²) in [4.78, 5) is 27.2. The number of ether oxygens (including phenoxy) is 2. The predicted octanol–water partition coefficient (Wildman–Crippen LogP) is 1.74. The first-order valence-corrected chi connectivity index (χ1v) is 7.70. The quantitative estimate of drug-likeness (QED) is 0.709. The molecule has 7 nitrogen and oxygen atoms in total. The predicted molar refractivity (Wildman–Crippen MR) is 82.8 cm³/mol. The molecule has 0 radical (unpaired) electrons. The molecule has 1 heterocycles. The molecule has 2 N–H and O–H groups in total. The number of aliphatic carboxylic acids is 1. The Kier molecular flexibility index (Phi) is 6.18. The lowest BCUT2D eigenvalue weighted by molar-refractivity contribution is -0.139. The second kappa shape index (κ2) is 8.12. The molecule has 0 aliphatic heterocycles. The number of nitrogens with one attached hydrogen (secondary N) is 1. The molecule has 0 bridgehead atoms. The summed E-state index contributed by atoms with van der Waals surface area (Å²) in [5, 5.41) is 11.7. The highest BCUT2D eigenvalue weighted by Gasteiger charge is 2.23. The van der Waals surface area contributed by atoms with E-state index in [4.69, 9.17) is 26.2 Å². The lowest BCUT2D eigenvalue weighted by Gasteiger charge is -2.14. The van der Waals surface area contributed by atoms with Crippen LogP contribution in [0.3, 0.4) is 0 Å². The summed E-state index contributed by atoms with van der Waals surface area (Å²) in [7, 11) is 1.46. The van der Waals surface area contributed by atoms with Gasteiger partial charge in [-0.2, -0.15) is 0 Å². The number of carbonyl (C=O) groups excluding carboxylic acids is 1. The molecule has 2 rings (SSSR count). The van der Waals surface area contributed by atoms with Crippen LogP contribution in [-0.2, 0) is 9.53 Å². The van der Waals surface area contributed by atoms with Crippen LogP contribution in [0.4, 0.5) is 0 Å². The summed E-state index contributed by atoms with van der Waals surface area (Å²) in [6, 6.07) is 0.383. The highest BCUT2D eigenvalue weighted by molar-refractivity contribution is 6.32. The normalized spacial score (nSPS) is 15.0. The molecule has 1 atom stereocenters. The van der Waals surface area contributed by atoms with Crippen molar-refractivity contribution >= 4 is 23.5 Å².